The number of benzene rings is 1. The first-order valence-electron chi connectivity index (χ1n) is 13.4. The lowest BCUT2D eigenvalue weighted by atomic mass is 9.77. The van der Waals surface area contributed by atoms with Crippen molar-refractivity contribution in [1.29, 1.82) is 0 Å². The number of carbonyl (C=O) groups excluding carboxylic acids is 1. The number of thiazole rings is 1. The number of nitrogens with one attached hydrogen (secondary N) is 1. The maximum absolute atomic E-state index is 13.3. The number of piperidine rings is 1. The van der Waals surface area contributed by atoms with E-state index in [9.17, 15) is 4.79 Å². The molecule has 1 spiro atoms. The third kappa shape index (κ3) is 5.41. The van der Waals surface area contributed by atoms with Gasteiger partial charge in [0.15, 0.2) is 0 Å². The fraction of sp³-hybridized carbons (Fsp3) is 0.517. The zero-order valence-corrected chi connectivity index (χ0v) is 23.2. The van der Waals surface area contributed by atoms with Gasteiger partial charge in [-0.25, -0.2) is 15.0 Å². The molecule has 2 saturated heterocycles. The van der Waals surface area contributed by atoms with Gasteiger partial charge in [0, 0.05) is 61.0 Å². The Morgan fingerprint density at radius 3 is 2.65 bits per heavy atom. The van der Waals surface area contributed by atoms with Crippen molar-refractivity contribution in [2.75, 3.05) is 25.9 Å². The number of amides is 1. The Bertz CT molecular complexity index is 1300. The number of hydrogen-bond acceptors (Lipinski definition) is 7. The molecule has 1 aromatic carbocycles. The van der Waals surface area contributed by atoms with E-state index >= 15 is 0 Å². The van der Waals surface area contributed by atoms with Crippen molar-refractivity contribution in [1.82, 2.24) is 25.2 Å². The fourth-order valence-corrected chi connectivity index (χ4v) is 7.85. The van der Waals surface area contributed by atoms with Crippen LogP contribution in [-0.2, 0) is 12.8 Å². The quantitative estimate of drug-likeness (QED) is 0.408. The molecule has 37 heavy (non-hydrogen) atoms. The number of hydrogen-bond donors (Lipinski definition) is 1. The van der Waals surface area contributed by atoms with Gasteiger partial charge in [0.25, 0.3) is 5.91 Å². The van der Waals surface area contributed by atoms with E-state index in [4.69, 9.17) is 4.98 Å². The molecule has 3 fully saturated rings. The van der Waals surface area contributed by atoms with E-state index in [1.807, 2.05) is 29.4 Å². The first-order valence-corrected chi connectivity index (χ1v) is 15.5. The Kier molecular flexibility index (Phi) is 6.97. The Morgan fingerprint density at radius 1 is 1.19 bits per heavy atom. The maximum Gasteiger partial charge on any atom is 0.253 e. The van der Waals surface area contributed by atoms with Crippen molar-refractivity contribution in [3.63, 3.8) is 0 Å². The molecular weight excluding hydrogens is 498 g/mol. The molecule has 3 aromatic rings. The van der Waals surface area contributed by atoms with Crippen LogP contribution < -0.4 is 5.32 Å². The van der Waals surface area contributed by atoms with Gasteiger partial charge in [-0.3, -0.25) is 4.79 Å². The average molecular weight is 534 g/mol. The van der Waals surface area contributed by atoms with Gasteiger partial charge < -0.3 is 10.2 Å². The van der Waals surface area contributed by atoms with Gasteiger partial charge in [0.05, 0.1) is 15.2 Å². The molecule has 1 amide bonds. The molecule has 3 aliphatic rings. The molecule has 1 N–H and O–H groups in total. The highest BCUT2D eigenvalue weighted by Gasteiger charge is 2.39. The Labute approximate surface area is 227 Å². The van der Waals surface area contributed by atoms with E-state index in [-0.39, 0.29) is 5.91 Å². The second-order valence-electron chi connectivity index (χ2n) is 11.2. The van der Waals surface area contributed by atoms with Gasteiger partial charge in [0.2, 0.25) is 0 Å². The molecule has 2 atom stereocenters. The molecule has 8 heteroatoms. The van der Waals surface area contributed by atoms with Crippen molar-refractivity contribution in [3.8, 4) is 0 Å². The van der Waals surface area contributed by atoms with Crippen LogP contribution in [0.3, 0.4) is 0 Å². The molecule has 2 aliphatic heterocycles. The summed E-state index contributed by atoms with van der Waals surface area (Å²) >= 11 is 3.44. The smallest absolute Gasteiger partial charge is 0.253 e. The molecule has 2 aromatic heterocycles. The molecule has 0 unspecified atom stereocenters. The van der Waals surface area contributed by atoms with Gasteiger partial charge in [-0.2, -0.15) is 0 Å². The Balaban J connectivity index is 1.05. The summed E-state index contributed by atoms with van der Waals surface area (Å²) in [5, 5.41) is 4.61. The summed E-state index contributed by atoms with van der Waals surface area (Å²) in [6.07, 6.45) is 14.8. The Hall–Kier alpha value is -2.45. The highest BCUT2D eigenvalue weighted by atomic mass is 32.2. The lowest BCUT2D eigenvalue weighted by Crippen LogP contribution is -2.44. The number of fused-ring (bicyclic) bond motifs is 1. The Morgan fingerprint density at radius 2 is 1.95 bits per heavy atom. The van der Waals surface area contributed by atoms with Gasteiger partial charge in [-0.05, 0) is 80.2 Å². The molecule has 1 aliphatic carbocycles. The lowest BCUT2D eigenvalue weighted by Gasteiger charge is -2.38. The van der Waals surface area contributed by atoms with Crippen LogP contribution >= 0.6 is 23.1 Å². The summed E-state index contributed by atoms with van der Waals surface area (Å²) in [5.41, 5.74) is 3.26. The van der Waals surface area contributed by atoms with Crippen molar-refractivity contribution in [3.05, 3.63) is 59.3 Å². The maximum atomic E-state index is 13.3. The van der Waals surface area contributed by atoms with E-state index in [0.717, 1.165) is 83.9 Å². The predicted octanol–water partition coefficient (Wildman–Crippen LogP) is 5.74. The van der Waals surface area contributed by atoms with Gasteiger partial charge in [0.1, 0.15) is 5.82 Å². The third-order valence-electron chi connectivity index (χ3n) is 8.59. The van der Waals surface area contributed by atoms with Gasteiger partial charge >= 0.3 is 0 Å². The first-order chi connectivity index (χ1) is 18.0. The third-order valence-corrected chi connectivity index (χ3v) is 10.3. The van der Waals surface area contributed by atoms with Crippen LogP contribution in [0.15, 0.2) is 47.8 Å². The summed E-state index contributed by atoms with van der Waals surface area (Å²) in [6, 6.07) is 6.06. The molecule has 4 heterocycles. The van der Waals surface area contributed by atoms with E-state index < -0.39 is 0 Å². The van der Waals surface area contributed by atoms with Crippen LogP contribution in [0.5, 0.6) is 0 Å². The second-order valence-corrected chi connectivity index (χ2v) is 13.2. The highest BCUT2D eigenvalue weighted by Crippen LogP contribution is 2.41. The molecular formula is C29H35N5OS2. The minimum Gasteiger partial charge on any atom is -0.388 e. The number of rotatable bonds is 6. The molecule has 6 rings (SSSR count). The predicted molar refractivity (Wildman–Crippen MR) is 151 cm³/mol. The van der Waals surface area contributed by atoms with Gasteiger partial charge in [-0.1, -0.05) is 6.58 Å². The standard InChI is InChI=1S/C29H35N5OS2/c1-19-15-29(18-32-19)7-9-34(10-8-29)28(35)22-5-6-24-25(14-22)37-27(33-24)13-21-4-3-20(11-21)12-26-30-16-23(36-2)17-31-26/h5-6,14,16-17,20-21,32H,1,3-4,7-13,15,18H2,2H3/t20-,21-/m0/s1. The fourth-order valence-electron chi connectivity index (χ4n) is 6.41. The number of carbonyl (C=O) groups is 1. The van der Waals surface area contributed by atoms with Crippen LogP contribution in [-0.4, -0.2) is 51.6 Å². The first kappa shape index (κ1) is 24.9. The van der Waals surface area contributed by atoms with Crippen LogP contribution in [0.2, 0.25) is 0 Å². The largest absolute Gasteiger partial charge is 0.388 e. The average Bonchev–Trinajstić information content (AvgIpc) is 3.63. The number of thioether (sulfide) groups is 1. The van der Waals surface area contributed by atoms with Crippen molar-refractivity contribution in [2.24, 2.45) is 17.3 Å². The number of nitrogens with zero attached hydrogens (tertiary/aromatic N) is 4. The van der Waals surface area contributed by atoms with Crippen LogP contribution in [0.1, 0.15) is 59.7 Å². The van der Waals surface area contributed by atoms with E-state index in [0.29, 0.717) is 17.3 Å². The van der Waals surface area contributed by atoms with Crippen molar-refractivity contribution < 1.29 is 4.79 Å². The molecule has 1 saturated carbocycles. The van der Waals surface area contributed by atoms with E-state index in [2.05, 4.69) is 34.2 Å². The zero-order chi connectivity index (χ0) is 25.4. The van der Waals surface area contributed by atoms with Crippen LogP contribution in [0, 0.1) is 17.3 Å². The molecule has 0 radical (unpaired) electrons. The molecule has 0 bridgehead atoms. The van der Waals surface area contributed by atoms with Crippen molar-refractivity contribution >= 4 is 39.2 Å². The molecule has 194 valence electrons. The summed E-state index contributed by atoms with van der Waals surface area (Å²) in [4.78, 5) is 30.5. The van der Waals surface area contributed by atoms with E-state index in [1.54, 1.807) is 23.1 Å². The lowest BCUT2D eigenvalue weighted by molar-refractivity contribution is 0.0610. The summed E-state index contributed by atoms with van der Waals surface area (Å²) in [6.45, 7) is 6.75. The number of likely N-dealkylation sites (tertiary alicyclic amines) is 1. The monoisotopic (exact) mass is 533 g/mol. The molecule has 6 nitrogen and oxygen atoms in total. The number of allylic oxidation sites excluding steroid dienone is 1. The minimum atomic E-state index is 0.155. The van der Waals surface area contributed by atoms with Crippen LogP contribution in [0.25, 0.3) is 10.2 Å². The van der Waals surface area contributed by atoms with E-state index in [1.165, 1.54) is 24.3 Å². The summed E-state index contributed by atoms with van der Waals surface area (Å²) < 4.78 is 1.13. The zero-order valence-electron chi connectivity index (χ0n) is 21.5. The second kappa shape index (κ2) is 10.4. The summed E-state index contributed by atoms with van der Waals surface area (Å²) in [7, 11) is 0. The minimum absolute atomic E-state index is 0.155. The normalized spacial score (nSPS) is 23.2. The summed E-state index contributed by atoms with van der Waals surface area (Å²) in [5.74, 6) is 2.45. The van der Waals surface area contributed by atoms with Gasteiger partial charge in [-0.15, -0.1) is 23.1 Å². The topological polar surface area (TPSA) is 71.0 Å². The number of aromatic nitrogens is 3. The van der Waals surface area contributed by atoms with Crippen molar-refractivity contribution in [2.45, 2.75) is 56.3 Å². The van der Waals surface area contributed by atoms with Crippen LogP contribution in [0.4, 0.5) is 0 Å². The highest BCUT2D eigenvalue weighted by molar-refractivity contribution is 7.98. The SMILES string of the molecule is C=C1CC2(CCN(C(=O)c3ccc4nc(C[C@H]5CC[C@H](Cc6ncc(SC)cn6)C5)sc4c3)CC2)CN1.